The topological polar surface area (TPSA) is 69.1 Å². The minimum Gasteiger partial charge on any atom is -0.366 e. The van der Waals surface area contributed by atoms with E-state index in [9.17, 15) is 4.79 Å². The number of primary amides is 1. The SMILES string of the molecule is NC(=O)c1cccc2c1CC[C@@H]2N. The Hall–Kier alpha value is -1.35. The maximum atomic E-state index is 11.0. The lowest BCUT2D eigenvalue weighted by Crippen LogP contribution is -2.14. The van der Waals surface area contributed by atoms with Gasteiger partial charge in [0.05, 0.1) is 0 Å². The molecule has 0 fully saturated rings. The van der Waals surface area contributed by atoms with Crippen LogP contribution < -0.4 is 11.5 Å². The molecule has 0 unspecified atom stereocenters. The zero-order chi connectivity index (χ0) is 9.42. The number of carbonyl (C=O) groups is 1. The lowest BCUT2D eigenvalue weighted by atomic mass is 10.0. The smallest absolute Gasteiger partial charge is 0.248 e. The maximum Gasteiger partial charge on any atom is 0.248 e. The summed E-state index contributed by atoms with van der Waals surface area (Å²) in [6.45, 7) is 0. The third-order valence-corrected chi connectivity index (χ3v) is 2.58. The molecule has 3 nitrogen and oxygen atoms in total. The van der Waals surface area contributed by atoms with Crippen LogP contribution in [0, 0.1) is 0 Å². The van der Waals surface area contributed by atoms with Crippen LogP contribution in [0.5, 0.6) is 0 Å². The van der Waals surface area contributed by atoms with Gasteiger partial charge in [0.1, 0.15) is 0 Å². The van der Waals surface area contributed by atoms with Crippen LogP contribution in [0.25, 0.3) is 0 Å². The van der Waals surface area contributed by atoms with E-state index in [1.54, 1.807) is 6.07 Å². The summed E-state index contributed by atoms with van der Waals surface area (Å²) in [6.07, 6.45) is 1.79. The summed E-state index contributed by atoms with van der Waals surface area (Å²) in [4.78, 5) is 11.0. The van der Waals surface area contributed by atoms with Crippen molar-refractivity contribution in [3.63, 3.8) is 0 Å². The van der Waals surface area contributed by atoms with Gasteiger partial charge in [0.2, 0.25) is 5.91 Å². The molecule has 1 amide bonds. The molecule has 68 valence electrons. The van der Waals surface area contributed by atoms with Crippen LogP contribution in [0.3, 0.4) is 0 Å². The van der Waals surface area contributed by atoms with Gasteiger partial charge in [-0.05, 0) is 30.0 Å². The van der Waals surface area contributed by atoms with Crippen LogP contribution in [-0.2, 0) is 6.42 Å². The van der Waals surface area contributed by atoms with Crippen molar-refractivity contribution < 1.29 is 4.79 Å². The predicted octanol–water partition coefficient (Wildman–Crippen LogP) is 0.732. The van der Waals surface area contributed by atoms with Crippen molar-refractivity contribution in [2.75, 3.05) is 0 Å². The van der Waals surface area contributed by atoms with Crippen molar-refractivity contribution in [3.05, 3.63) is 34.9 Å². The molecule has 0 saturated heterocycles. The summed E-state index contributed by atoms with van der Waals surface area (Å²) in [5.41, 5.74) is 13.9. The van der Waals surface area contributed by atoms with Crippen molar-refractivity contribution in [1.29, 1.82) is 0 Å². The predicted molar refractivity (Wildman–Crippen MR) is 50.2 cm³/mol. The van der Waals surface area contributed by atoms with E-state index in [1.165, 1.54) is 0 Å². The molecule has 3 heteroatoms. The van der Waals surface area contributed by atoms with E-state index in [4.69, 9.17) is 11.5 Å². The van der Waals surface area contributed by atoms with Crippen LogP contribution in [0.4, 0.5) is 0 Å². The Bertz CT molecular complexity index is 360. The van der Waals surface area contributed by atoms with E-state index < -0.39 is 0 Å². The van der Waals surface area contributed by atoms with Gasteiger partial charge < -0.3 is 11.5 Å². The van der Waals surface area contributed by atoms with Crippen LogP contribution in [-0.4, -0.2) is 5.91 Å². The van der Waals surface area contributed by atoms with E-state index in [0.29, 0.717) is 5.56 Å². The normalized spacial score (nSPS) is 19.9. The number of hydrogen-bond acceptors (Lipinski definition) is 2. The largest absolute Gasteiger partial charge is 0.366 e. The average Bonchev–Trinajstić information content (AvgIpc) is 2.48. The highest BCUT2D eigenvalue weighted by molar-refractivity contribution is 5.94. The molecular formula is C10H12N2O. The molecule has 0 spiro atoms. The molecule has 0 saturated carbocycles. The number of benzene rings is 1. The van der Waals surface area contributed by atoms with Crippen LogP contribution in [0.2, 0.25) is 0 Å². The Balaban J connectivity index is 2.57. The highest BCUT2D eigenvalue weighted by Crippen LogP contribution is 2.31. The third kappa shape index (κ3) is 1.21. The number of amides is 1. The van der Waals surface area contributed by atoms with Crippen molar-refractivity contribution in [1.82, 2.24) is 0 Å². The zero-order valence-corrected chi connectivity index (χ0v) is 7.29. The third-order valence-electron chi connectivity index (χ3n) is 2.58. The van der Waals surface area contributed by atoms with E-state index in [2.05, 4.69) is 0 Å². The van der Waals surface area contributed by atoms with Gasteiger partial charge in [0.25, 0.3) is 0 Å². The summed E-state index contributed by atoms with van der Waals surface area (Å²) in [5.74, 6) is -0.356. The molecule has 1 aliphatic rings. The standard InChI is InChI=1S/C10H12N2O/c11-9-5-4-6-7(9)2-1-3-8(6)10(12)13/h1-3,9H,4-5,11H2,(H2,12,13)/t9-/m0/s1. The molecule has 0 heterocycles. The first kappa shape index (κ1) is 8.26. The second-order valence-electron chi connectivity index (χ2n) is 3.38. The zero-order valence-electron chi connectivity index (χ0n) is 7.29. The average molecular weight is 176 g/mol. The second kappa shape index (κ2) is 2.85. The van der Waals surface area contributed by atoms with Crippen LogP contribution >= 0.6 is 0 Å². The maximum absolute atomic E-state index is 11.0. The molecule has 0 radical (unpaired) electrons. The van der Waals surface area contributed by atoms with Crippen molar-refractivity contribution in [2.24, 2.45) is 11.5 Å². The number of hydrogen-bond donors (Lipinski definition) is 2. The monoisotopic (exact) mass is 176 g/mol. The second-order valence-corrected chi connectivity index (χ2v) is 3.38. The van der Waals surface area contributed by atoms with E-state index in [-0.39, 0.29) is 11.9 Å². The fourth-order valence-corrected chi connectivity index (χ4v) is 1.92. The van der Waals surface area contributed by atoms with Gasteiger partial charge in [-0.2, -0.15) is 0 Å². The van der Waals surface area contributed by atoms with Gasteiger partial charge in [-0.3, -0.25) is 4.79 Å². The molecular weight excluding hydrogens is 164 g/mol. The Morgan fingerprint density at radius 1 is 1.46 bits per heavy atom. The van der Waals surface area contributed by atoms with Crippen LogP contribution in [0.15, 0.2) is 18.2 Å². The number of carbonyl (C=O) groups excluding carboxylic acids is 1. The minimum absolute atomic E-state index is 0.0781. The van der Waals surface area contributed by atoms with Crippen LogP contribution in [0.1, 0.15) is 33.9 Å². The molecule has 0 aromatic heterocycles. The first-order valence-electron chi connectivity index (χ1n) is 4.37. The van der Waals surface area contributed by atoms with Gasteiger partial charge in [-0.25, -0.2) is 0 Å². The Morgan fingerprint density at radius 2 is 2.23 bits per heavy atom. The lowest BCUT2D eigenvalue weighted by Gasteiger charge is -2.06. The van der Waals surface area contributed by atoms with Gasteiger partial charge in [-0.1, -0.05) is 12.1 Å². The molecule has 4 N–H and O–H groups in total. The minimum atomic E-state index is -0.356. The molecule has 1 aliphatic carbocycles. The fourth-order valence-electron chi connectivity index (χ4n) is 1.92. The quantitative estimate of drug-likeness (QED) is 0.662. The summed E-state index contributed by atoms with van der Waals surface area (Å²) in [5, 5.41) is 0. The fraction of sp³-hybridized carbons (Fsp3) is 0.300. The highest BCUT2D eigenvalue weighted by Gasteiger charge is 2.22. The summed E-state index contributed by atoms with van der Waals surface area (Å²) < 4.78 is 0. The molecule has 1 atom stereocenters. The first-order chi connectivity index (χ1) is 6.20. The summed E-state index contributed by atoms with van der Waals surface area (Å²) in [7, 11) is 0. The molecule has 1 aromatic rings. The Labute approximate surface area is 76.7 Å². The van der Waals surface area contributed by atoms with E-state index >= 15 is 0 Å². The molecule has 1 aromatic carbocycles. The van der Waals surface area contributed by atoms with Gasteiger partial charge in [0.15, 0.2) is 0 Å². The van der Waals surface area contributed by atoms with Gasteiger partial charge in [0, 0.05) is 11.6 Å². The number of fused-ring (bicyclic) bond motifs is 1. The molecule has 13 heavy (non-hydrogen) atoms. The number of nitrogens with two attached hydrogens (primary N) is 2. The van der Waals surface area contributed by atoms with Crippen molar-refractivity contribution in [3.8, 4) is 0 Å². The Kier molecular flexibility index (Phi) is 1.81. The first-order valence-corrected chi connectivity index (χ1v) is 4.37. The lowest BCUT2D eigenvalue weighted by molar-refractivity contribution is 0.0999. The van der Waals surface area contributed by atoms with Crippen molar-refractivity contribution in [2.45, 2.75) is 18.9 Å². The van der Waals surface area contributed by atoms with Crippen molar-refractivity contribution >= 4 is 5.91 Å². The summed E-state index contributed by atoms with van der Waals surface area (Å²) in [6, 6.07) is 5.65. The van der Waals surface area contributed by atoms with Gasteiger partial charge in [-0.15, -0.1) is 0 Å². The number of rotatable bonds is 1. The molecule has 0 bridgehead atoms. The Morgan fingerprint density at radius 3 is 2.92 bits per heavy atom. The van der Waals surface area contributed by atoms with E-state index in [0.717, 1.165) is 24.0 Å². The van der Waals surface area contributed by atoms with E-state index in [1.807, 2.05) is 12.1 Å². The summed E-state index contributed by atoms with van der Waals surface area (Å²) >= 11 is 0. The molecule has 2 rings (SSSR count). The molecule has 0 aliphatic heterocycles. The highest BCUT2D eigenvalue weighted by atomic mass is 16.1. The van der Waals surface area contributed by atoms with Gasteiger partial charge >= 0.3 is 0 Å².